The molecule has 0 saturated carbocycles. The molecule has 1 amide bonds. The Bertz CT molecular complexity index is 1110. The summed E-state index contributed by atoms with van der Waals surface area (Å²) < 4.78 is 22.4. The van der Waals surface area contributed by atoms with Crippen LogP contribution in [-0.2, 0) is 6.54 Å². The first kappa shape index (κ1) is 29.8. The number of thiazole rings is 1. The average molecular weight is 540 g/mol. The summed E-state index contributed by atoms with van der Waals surface area (Å²) in [4.78, 5) is 12.7. The largest absolute Gasteiger partial charge is 0.491 e. The Morgan fingerprint density at radius 3 is 2.24 bits per heavy atom. The summed E-state index contributed by atoms with van der Waals surface area (Å²) in [6, 6.07) is 12.2. The monoisotopic (exact) mass is 539 g/mol. The van der Waals surface area contributed by atoms with Crippen molar-refractivity contribution in [2.75, 3.05) is 11.9 Å². The van der Waals surface area contributed by atoms with E-state index in [0.717, 1.165) is 24.9 Å². The molecule has 0 spiro atoms. The molecule has 0 saturated heterocycles. The first-order valence-corrected chi connectivity index (χ1v) is 15.3. The van der Waals surface area contributed by atoms with E-state index in [1.165, 1.54) is 76.0 Å². The summed E-state index contributed by atoms with van der Waals surface area (Å²) in [5, 5.41) is 4.99. The highest BCUT2D eigenvalue weighted by Gasteiger charge is 2.13. The van der Waals surface area contributed by atoms with Crippen LogP contribution in [0.25, 0.3) is 0 Å². The molecule has 0 aliphatic rings. The van der Waals surface area contributed by atoms with Crippen LogP contribution in [0.4, 0.5) is 10.1 Å². The minimum atomic E-state index is -0.505. The molecule has 1 heterocycles. The lowest BCUT2D eigenvalue weighted by atomic mass is 10.1. The summed E-state index contributed by atoms with van der Waals surface area (Å²) in [5.74, 6) is -0.641. The fraction of sp³-hybridized carbons (Fsp3) is 0.500. The molecule has 3 rings (SSSR count). The number of ether oxygens (including phenoxy) is 1. The predicted molar refractivity (Wildman–Crippen MR) is 156 cm³/mol. The fourth-order valence-electron chi connectivity index (χ4n) is 4.55. The molecular formula is C32H44FN2O2S+. The second-order valence-corrected chi connectivity index (χ2v) is 10.9. The second-order valence-electron chi connectivity index (χ2n) is 10.2. The van der Waals surface area contributed by atoms with Crippen molar-refractivity contribution in [2.45, 2.75) is 97.4 Å². The molecule has 0 radical (unpaired) electrons. The Hall–Kier alpha value is -2.73. The quantitative estimate of drug-likeness (QED) is 0.130. The molecule has 0 aliphatic carbocycles. The molecule has 6 heteroatoms. The molecule has 3 aromatic rings. The number of benzene rings is 2. The van der Waals surface area contributed by atoms with Gasteiger partial charge in [-0.15, -0.1) is 0 Å². The van der Waals surface area contributed by atoms with Crippen molar-refractivity contribution in [1.82, 2.24) is 0 Å². The number of unbranched alkanes of at least 4 members (excludes halogenated alkanes) is 11. The van der Waals surface area contributed by atoms with Crippen LogP contribution in [-0.4, -0.2) is 12.5 Å². The number of anilines is 1. The summed E-state index contributed by atoms with van der Waals surface area (Å²) in [6.07, 6.45) is 15.3. The number of hydrogen-bond acceptors (Lipinski definition) is 3. The fourth-order valence-corrected chi connectivity index (χ4v) is 5.33. The zero-order valence-electron chi connectivity index (χ0n) is 23.1. The second kappa shape index (κ2) is 17.0. The topological polar surface area (TPSA) is 42.2 Å². The minimum Gasteiger partial charge on any atom is -0.491 e. The summed E-state index contributed by atoms with van der Waals surface area (Å²) in [7, 11) is 0. The normalized spacial score (nSPS) is 11.0. The van der Waals surface area contributed by atoms with Gasteiger partial charge in [0.15, 0.2) is 23.8 Å². The molecule has 0 atom stereocenters. The van der Waals surface area contributed by atoms with Crippen LogP contribution in [0.1, 0.15) is 106 Å². The van der Waals surface area contributed by atoms with E-state index in [4.69, 9.17) is 4.74 Å². The molecule has 0 bridgehead atoms. The molecule has 0 fully saturated rings. The van der Waals surface area contributed by atoms with Gasteiger partial charge in [0.05, 0.1) is 12.0 Å². The van der Waals surface area contributed by atoms with Gasteiger partial charge in [0.1, 0.15) is 0 Å². The van der Waals surface area contributed by atoms with Crippen LogP contribution in [0, 0.1) is 12.7 Å². The molecule has 206 valence electrons. The molecule has 2 aromatic carbocycles. The average Bonchev–Trinajstić information content (AvgIpc) is 3.31. The van der Waals surface area contributed by atoms with Gasteiger partial charge in [-0.3, -0.25) is 4.79 Å². The third kappa shape index (κ3) is 10.6. The highest BCUT2D eigenvalue weighted by Crippen LogP contribution is 2.21. The molecule has 0 aliphatic heterocycles. The Balaban J connectivity index is 1.33. The van der Waals surface area contributed by atoms with Crippen molar-refractivity contribution in [1.29, 1.82) is 0 Å². The lowest BCUT2D eigenvalue weighted by molar-refractivity contribution is -0.689. The van der Waals surface area contributed by atoms with Gasteiger partial charge in [-0.1, -0.05) is 101 Å². The minimum absolute atomic E-state index is 0.203. The van der Waals surface area contributed by atoms with E-state index in [9.17, 15) is 9.18 Å². The van der Waals surface area contributed by atoms with Crippen molar-refractivity contribution in [3.8, 4) is 5.75 Å². The Morgan fingerprint density at radius 2 is 1.61 bits per heavy atom. The number of amides is 1. The summed E-state index contributed by atoms with van der Waals surface area (Å²) >= 11 is 1.66. The first-order valence-electron chi connectivity index (χ1n) is 14.3. The van der Waals surface area contributed by atoms with Crippen molar-refractivity contribution < 1.29 is 18.5 Å². The van der Waals surface area contributed by atoms with Crippen LogP contribution in [0.3, 0.4) is 0 Å². The Morgan fingerprint density at radius 1 is 0.921 bits per heavy atom. The van der Waals surface area contributed by atoms with Gasteiger partial charge in [0.2, 0.25) is 5.51 Å². The van der Waals surface area contributed by atoms with Crippen molar-refractivity contribution >= 4 is 22.9 Å². The van der Waals surface area contributed by atoms with Gasteiger partial charge in [0.25, 0.3) is 5.91 Å². The Labute approximate surface area is 232 Å². The molecule has 0 unspecified atom stereocenters. The third-order valence-electron chi connectivity index (χ3n) is 6.87. The zero-order valence-corrected chi connectivity index (χ0v) is 24.0. The highest BCUT2D eigenvalue weighted by atomic mass is 32.1. The van der Waals surface area contributed by atoms with Gasteiger partial charge >= 0.3 is 0 Å². The van der Waals surface area contributed by atoms with Crippen LogP contribution < -0.4 is 14.6 Å². The third-order valence-corrected chi connectivity index (χ3v) is 7.72. The lowest BCUT2D eigenvalue weighted by Crippen LogP contribution is -2.34. The van der Waals surface area contributed by atoms with Gasteiger partial charge in [-0.2, -0.15) is 4.57 Å². The van der Waals surface area contributed by atoms with Gasteiger partial charge in [0, 0.05) is 23.7 Å². The van der Waals surface area contributed by atoms with Crippen LogP contribution in [0.2, 0.25) is 0 Å². The first-order chi connectivity index (χ1) is 18.6. The van der Waals surface area contributed by atoms with E-state index < -0.39 is 5.82 Å². The smallest absolute Gasteiger partial charge is 0.255 e. The number of carbonyl (C=O) groups is 1. The summed E-state index contributed by atoms with van der Waals surface area (Å²) in [6.45, 7) is 5.56. The van der Waals surface area contributed by atoms with Crippen molar-refractivity contribution in [2.24, 2.45) is 0 Å². The van der Waals surface area contributed by atoms with Gasteiger partial charge in [-0.05, 0) is 36.8 Å². The lowest BCUT2D eigenvalue weighted by Gasteiger charge is -2.10. The van der Waals surface area contributed by atoms with E-state index in [0.29, 0.717) is 12.3 Å². The number of rotatable bonds is 18. The maximum absolute atomic E-state index is 14.6. The Kier molecular flexibility index (Phi) is 13.3. The number of nitrogens with one attached hydrogen (secondary N) is 1. The van der Waals surface area contributed by atoms with E-state index in [-0.39, 0.29) is 17.2 Å². The van der Waals surface area contributed by atoms with Crippen molar-refractivity contribution in [3.05, 3.63) is 76.0 Å². The number of hydrogen-bond donors (Lipinski definition) is 1. The number of aromatic nitrogens is 1. The van der Waals surface area contributed by atoms with Gasteiger partial charge < -0.3 is 10.1 Å². The van der Waals surface area contributed by atoms with E-state index in [2.05, 4.69) is 34.6 Å². The number of carbonyl (C=O) groups excluding carboxylic acids is 1. The number of nitrogens with zero attached hydrogens (tertiary/aromatic N) is 1. The standard InChI is InChI=1S/C32H43FN2O2S/c1-3-4-5-6-7-8-9-10-11-12-13-14-20-37-31-19-18-28(22-30(31)33)32(36)34-29-17-15-16-27(21-29)23-35-25-38-24-26(35)2/h15-19,21-22,24-25H,3-14,20,23H2,1-2H3/p+1. The molecule has 4 nitrogen and oxygen atoms in total. The molecule has 1 aromatic heterocycles. The van der Waals surface area contributed by atoms with E-state index in [1.807, 2.05) is 24.3 Å². The van der Waals surface area contributed by atoms with Gasteiger partial charge in [-0.25, -0.2) is 4.39 Å². The number of halogens is 1. The number of aryl methyl sites for hydroxylation is 1. The SMILES string of the molecule is CCCCCCCCCCCCCCOc1ccc(C(=O)Nc2cccc(C[n+]3cscc3C)c2)cc1F. The van der Waals surface area contributed by atoms with Crippen LogP contribution >= 0.6 is 11.3 Å². The van der Waals surface area contributed by atoms with E-state index >= 15 is 0 Å². The van der Waals surface area contributed by atoms with Crippen LogP contribution in [0.15, 0.2) is 53.4 Å². The van der Waals surface area contributed by atoms with E-state index in [1.54, 1.807) is 23.5 Å². The predicted octanol–water partition coefficient (Wildman–Crippen LogP) is 8.86. The molecule has 38 heavy (non-hydrogen) atoms. The molecule has 1 N–H and O–H groups in total. The summed E-state index contributed by atoms with van der Waals surface area (Å²) in [5.41, 5.74) is 5.32. The van der Waals surface area contributed by atoms with Crippen LogP contribution in [0.5, 0.6) is 5.75 Å². The maximum Gasteiger partial charge on any atom is 0.255 e. The maximum atomic E-state index is 14.6. The zero-order chi connectivity index (χ0) is 27.0. The highest BCUT2D eigenvalue weighted by molar-refractivity contribution is 7.07. The van der Waals surface area contributed by atoms with Crippen molar-refractivity contribution in [3.63, 3.8) is 0 Å². The molecular weight excluding hydrogens is 495 g/mol.